The van der Waals surface area contributed by atoms with Crippen LogP contribution in [0.2, 0.25) is 0 Å². The molecule has 0 aliphatic rings. The lowest BCUT2D eigenvalue weighted by Gasteiger charge is -2.25. The number of amides is 3. The van der Waals surface area contributed by atoms with E-state index in [1.165, 1.54) is 14.0 Å². The molecule has 0 spiro atoms. The van der Waals surface area contributed by atoms with Crippen LogP contribution in [0.5, 0.6) is 0 Å². The zero-order valence-corrected chi connectivity index (χ0v) is 18.5. The molecule has 3 amide bonds. The molecule has 7 nitrogen and oxygen atoms in total. The van der Waals surface area contributed by atoms with Crippen molar-refractivity contribution in [2.45, 2.75) is 57.9 Å². The largest absolute Gasteiger partial charge is 0.357 e. The molecule has 0 bridgehead atoms. The number of nitrogens with one attached hydrogen (secondary N) is 3. The maximum Gasteiger partial charge on any atom is 0.243 e. The number of hydrogen-bond donors (Lipinski definition) is 3. The molecule has 0 aliphatic carbocycles. The van der Waals surface area contributed by atoms with Crippen molar-refractivity contribution in [1.82, 2.24) is 16.0 Å². The highest BCUT2D eigenvalue weighted by molar-refractivity contribution is 8.14. The summed E-state index contributed by atoms with van der Waals surface area (Å²) in [5.74, 6) is -0.964. The van der Waals surface area contributed by atoms with E-state index >= 15 is 0 Å². The maximum atomic E-state index is 12.9. The third-order valence-corrected chi connectivity index (χ3v) is 5.11. The first kappa shape index (κ1) is 24.7. The van der Waals surface area contributed by atoms with Crippen LogP contribution in [0.1, 0.15) is 39.7 Å². The van der Waals surface area contributed by atoms with E-state index in [1.54, 1.807) is 6.92 Å². The molecule has 0 aliphatic heterocycles. The molecule has 0 saturated carbocycles. The van der Waals surface area contributed by atoms with Gasteiger partial charge in [0.25, 0.3) is 0 Å². The van der Waals surface area contributed by atoms with Gasteiger partial charge in [-0.3, -0.25) is 19.2 Å². The van der Waals surface area contributed by atoms with Gasteiger partial charge in [0.2, 0.25) is 17.7 Å². The SMILES string of the molecule is CNC(=O)[C@H](Cc1ccccc1)NC(=O)C(CC(C)C)NC(=O)C(C)SC(C)=O. The standard InChI is InChI=1S/C21H31N3O4S/c1-13(2)11-17(23-19(26)14(3)29-15(4)25)21(28)24-18(20(27)22-5)12-16-9-7-6-8-10-16/h6-10,13-14,17-18H,11-12H2,1-5H3,(H,22,27)(H,23,26)(H,24,28)/t14?,17?,18-/m0/s1. The minimum atomic E-state index is -0.791. The molecule has 8 heteroatoms. The van der Waals surface area contributed by atoms with Gasteiger partial charge in [0.05, 0.1) is 5.25 Å². The smallest absolute Gasteiger partial charge is 0.243 e. The number of benzene rings is 1. The lowest BCUT2D eigenvalue weighted by atomic mass is 10.0. The Hall–Kier alpha value is -2.35. The molecule has 0 saturated heterocycles. The average molecular weight is 422 g/mol. The maximum absolute atomic E-state index is 12.9. The molecular formula is C21H31N3O4S. The van der Waals surface area contributed by atoms with E-state index in [0.29, 0.717) is 12.8 Å². The lowest BCUT2D eigenvalue weighted by Crippen LogP contribution is -2.55. The number of thioether (sulfide) groups is 1. The fourth-order valence-electron chi connectivity index (χ4n) is 2.80. The minimum Gasteiger partial charge on any atom is -0.357 e. The summed E-state index contributed by atoms with van der Waals surface area (Å²) in [6, 6.07) is 7.84. The van der Waals surface area contributed by atoms with Crippen LogP contribution in [0.3, 0.4) is 0 Å². The van der Waals surface area contributed by atoms with Crippen LogP contribution in [0.15, 0.2) is 30.3 Å². The zero-order valence-electron chi connectivity index (χ0n) is 17.7. The van der Waals surface area contributed by atoms with Crippen LogP contribution in [0, 0.1) is 5.92 Å². The predicted octanol–water partition coefficient (Wildman–Crippen LogP) is 1.66. The van der Waals surface area contributed by atoms with E-state index in [0.717, 1.165) is 17.3 Å². The Morgan fingerprint density at radius 2 is 1.48 bits per heavy atom. The van der Waals surface area contributed by atoms with Crippen molar-refractivity contribution in [3.63, 3.8) is 0 Å². The second-order valence-corrected chi connectivity index (χ2v) is 8.83. The first-order valence-electron chi connectivity index (χ1n) is 9.67. The zero-order chi connectivity index (χ0) is 22.0. The van der Waals surface area contributed by atoms with Crippen molar-refractivity contribution in [2.24, 2.45) is 5.92 Å². The summed E-state index contributed by atoms with van der Waals surface area (Å²) in [6.07, 6.45) is 0.756. The Kier molecular flexibility index (Phi) is 10.4. The Labute approximate surface area is 176 Å². The van der Waals surface area contributed by atoms with Crippen molar-refractivity contribution in [3.05, 3.63) is 35.9 Å². The second kappa shape index (κ2) is 12.3. The summed E-state index contributed by atoms with van der Waals surface area (Å²) >= 11 is 0.913. The number of likely N-dealkylation sites (N-methyl/N-ethyl adjacent to an activating group) is 1. The van der Waals surface area contributed by atoms with Gasteiger partial charge < -0.3 is 16.0 Å². The molecule has 29 heavy (non-hydrogen) atoms. The summed E-state index contributed by atoms with van der Waals surface area (Å²) in [5, 5.41) is 7.29. The molecule has 0 heterocycles. The first-order valence-corrected chi connectivity index (χ1v) is 10.6. The molecule has 160 valence electrons. The highest BCUT2D eigenvalue weighted by atomic mass is 32.2. The Morgan fingerprint density at radius 1 is 0.897 bits per heavy atom. The monoisotopic (exact) mass is 421 g/mol. The van der Waals surface area contributed by atoms with Gasteiger partial charge in [-0.2, -0.15) is 0 Å². The quantitative estimate of drug-likeness (QED) is 0.533. The van der Waals surface area contributed by atoms with Crippen molar-refractivity contribution in [2.75, 3.05) is 7.05 Å². The van der Waals surface area contributed by atoms with E-state index in [-0.39, 0.29) is 22.8 Å². The molecule has 1 rings (SSSR count). The van der Waals surface area contributed by atoms with E-state index in [9.17, 15) is 19.2 Å². The van der Waals surface area contributed by atoms with Gasteiger partial charge in [-0.15, -0.1) is 0 Å². The lowest BCUT2D eigenvalue weighted by molar-refractivity contribution is -0.132. The molecule has 3 atom stereocenters. The molecular weight excluding hydrogens is 390 g/mol. The Morgan fingerprint density at radius 3 is 2.00 bits per heavy atom. The average Bonchev–Trinajstić information content (AvgIpc) is 2.66. The van der Waals surface area contributed by atoms with E-state index < -0.39 is 23.2 Å². The van der Waals surface area contributed by atoms with Crippen LogP contribution in [0.4, 0.5) is 0 Å². The van der Waals surface area contributed by atoms with E-state index in [1.807, 2.05) is 44.2 Å². The number of carbonyl (C=O) groups is 4. The van der Waals surface area contributed by atoms with Crippen LogP contribution in [-0.2, 0) is 25.6 Å². The van der Waals surface area contributed by atoms with Gasteiger partial charge in [-0.05, 0) is 24.8 Å². The third kappa shape index (κ3) is 9.13. The molecule has 0 aromatic heterocycles. The van der Waals surface area contributed by atoms with Crippen LogP contribution in [0.25, 0.3) is 0 Å². The molecule has 1 aromatic carbocycles. The fourth-order valence-corrected chi connectivity index (χ4v) is 3.47. The summed E-state index contributed by atoms with van der Waals surface area (Å²) in [7, 11) is 1.51. The molecule has 2 unspecified atom stereocenters. The second-order valence-electron chi connectivity index (χ2n) is 7.31. The number of rotatable bonds is 10. The number of hydrogen-bond acceptors (Lipinski definition) is 5. The van der Waals surface area contributed by atoms with Gasteiger partial charge in [0.1, 0.15) is 12.1 Å². The Bertz CT molecular complexity index is 709. The van der Waals surface area contributed by atoms with Crippen molar-refractivity contribution >= 4 is 34.6 Å². The molecule has 1 aromatic rings. The summed E-state index contributed by atoms with van der Waals surface area (Å²) in [6.45, 7) is 6.90. The molecule has 0 radical (unpaired) electrons. The highest BCUT2D eigenvalue weighted by Crippen LogP contribution is 2.13. The highest BCUT2D eigenvalue weighted by Gasteiger charge is 2.28. The van der Waals surface area contributed by atoms with Gasteiger partial charge >= 0.3 is 0 Å². The van der Waals surface area contributed by atoms with Gasteiger partial charge in [-0.1, -0.05) is 55.9 Å². The summed E-state index contributed by atoms with van der Waals surface area (Å²) in [5.41, 5.74) is 0.914. The van der Waals surface area contributed by atoms with Gasteiger partial charge in [-0.25, -0.2) is 0 Å². The van der Waals surface area contributed by atoms with Crippen LogP contribution >= 0.6 is 11.8 Å². The van der Waals surface area contributed by atoms with Crippen molar-refractivity contribution < 1.29 is 19.2 Å². The van der Waals surface area contributed by atoms with Gasteiger partial charge in [0, 0.05) is 20.4 Å². The molecule has 0 fully saturated rings. The first-order chi connectivity index (χ1) is 13.6. The van der Waals surface area contributed by atoms with Crippen LogP contribution < -0.4 is 16.0 Å². The van der Waals surface area contributed by atoms with Crippen molar-refractivity contribution in [1.29, 1.82) is 0 Å². The normalized spacial score (nSPS) is 13.9. The minimum absolute atomic E-state index is 0.148. The summed E-state index contributed by atoms with van der Waals surface area (Å²) in [4.78, 5) is 48.8. The summed E-state index contributed by atoms with van der Waals surface area (Å²) < 4.78 is 0. The van der Waals surface area contributed by atoms with E-state index in [2.05, 4.69) is 16.0 Å². The number of carbonyl (C=O) groups excluding carboxylic acids is 4. The van der Waals surface area contributed by atoms with Crippen LogP contribution in [-0.4, -0.2) is 47.2 Å². The topological polar surface area (TPSA) is 104 Å². The van der Waals surface area contributed by atoms with Gasteiger partial charge in [0.15, 0.2) is 5.12 Å². The van der Waals surface area contributed by atoms with E-state index in [4.69, 9.17) is 0 Å². The van der Waals surface area contributed by atoms with Crippen molar-refractivity contribution in [3.8, 4) is 0 Å². The molecule has 3 N–H and O–H groups in total. The third-order valence-electron chi connectivity index (χ3n) is 4.21. The predicted molar refractivity (Wildman–Crippen MR) is 115 cm³/mol. The fraction of sp³-hybridized carbons (Fsp3) is 0.524. The Balaban J connectivity index is 2.90.